The maximum atomic E-state index is 12.7. The van der Waals surface area contributed by atoms with Gasteiger partial charge in [-0.3, -0.25) is 9.59 Å². The molecule has 2 aliphatic rings. The molecule has 2 aliphatic carbocycles. The highest BCUT2D eigenvalue weighted by atomic mass is 16.5. The lowest BCUT2D eigenvalue weighted by molar-refractivity contribution is -0.116. The maximum Gasteiger partial charge on any atom is 0.182 e. The molecule has 0 heterocycles. The zero-order valence-corrected chi connectivity index (χ0v) is 15.6. The summed E-state index contributed by atoms with van der Waals surface area (Å²) in [6.45, 7) is 6.46. The topological polar surface area (TPSA) is 43.4 Å². The predicted molar refractivity (Wildman–Crippen MR) is 96.8 cm³/mol. The molecule has 2 unspecified atom stereocenters. The quantitative estimate of drug-likeness (QED) is 0.503. The average molecular weight is 332 g/mol. The molecule has 24 heavy (non-hydrogen) atoms. The van der Waals surface area contributed by atoms with Gasteiger partial charge in [0.15, 0.2) is 11.6 Å². The summed E-state index contributed by atoms with van der Waals surface area (Å²) in [7, 11) is 1.73. The lowest BCUT2D eigenvalue weighted by Crippen LogP contribution is -2.36. The number of methoxy groups -OCH3 is 1. The van der Waals surface area contributed by atoms with Gasteiger partial charge in [-0.25, -0.2) is 0 Å². The fraction of sp³-hybridized carbons (Fsp3) is 0.714. The lowest BCUT2D eigenvalue weighted by Gasteiger charge is -2.39. The number of ether oxygens (including phenoxy) is 1. The molecule has 4 atom stereocenters. The average Bonchev–Trinajstić information content (AvgIpc) is 2.57. The van der Waals surface area contributed by atoms with E-state index in [9.17, 15) is 9.59 Å². The summed E-state index contributed by atoms with van der Waals surface area (Å²) in [6.07, 6.45) is 10.5. The number of carbonyl (C=O) groups is 2. The van der Waals surface area contributed by atoms with Crippen molar-refractivity contribution in [2.75, 3.05) is 7.11 Å². The summed E-state index contributed by atoms with van der Waals surface area (Å²) in [5.74, 6) is 1.16. The van der Waals surface area contributed by atoms with Crippen LogP contribution in [0.5, 0.6) is 0 Å². The highest BCUT2D eigenvalue weighted by Gasteiger charge is 2.37. The van der Waals surface area contributed by atoms with Gasteiger partial charge >= 0.3 is 0 Å². The summed E-state index contributed by atoms with van der Waals surface area (Å²) in [5.41, 5.74) is 1.41. The van der Waals surface area contributed by atoms with Crippen molar-refractivity contribution < 1.29 is 14.3 Å². The second-order valence-corrected chi connectivity index (χ2v) is 7.58. The highest BCUT2D eigenvalue weighted by Crippen LogP contribution is 2.41. The Morgan fingerprint density at radius 1 is 1.17 bits per heavy atom. The minimum atomic E-state index is 0.0442. The summed E-state index contributed by atoms with van der Waals surface area (Å²) >= 11 is 0. The van der Waals surface area contributed by atoms with Crippen LogP contribution in [0.1, 0.15) is 65.7 Å². The van der Waals surface area contributed by atoms with E-state index in [1.54, 1.807) is 19.3 Å². The Hall–Kier alpha value is -1.22. The molecule has 0 N–H and O–H groups in total. The maximum absolute atomic E-state index is 12.7. The van der Waals surface area contributed by atoms with Gasteiger partial charge in [-0.2, -0.15) is 0 Å². The standard InChI is InChI=1S/C21H32O3/c1-5-6-7-8-16-12-21(23)19(13-20(16)22)18-11-14(2)9-10-17(18)15(3)24-4/h12-15,17-18H,5-11H2,1-4H3/t14?,15?,17-,18+/m0/s1. The van der Waals surface area contributed by atoms with Crippen LogP contribution < -0.4 is 0 Å². The highest BCUT2D eigenvalue weighted by molar-refractivity contribution is 6.20. The first kappa shape index (κ1) is 19.1. The Bertz CT molecular complexity index is 529. The number of hydrogen-bond acceptors (Lipinski definition) is 3. The molecule has 2 rings (SSSR count). The van der Waals surface area contributed by atoms with E-state index in [1.807, 2.05) is 0 Å². The molecule has 3 heteroatoms. The molecular formula is C21H32O3. The third-order valence-corrected chi connectivity index (χ3v) is 5.78. The summed E-state index contributed by atoms with van der Waals surface area (Å²) in [4.78, 5) is 25.2. The zero-order valence-electron chi connectivity index (χ0n) is 15.6. The zero-order chi connectivity index (χ0) is 17.7. The fourth-order valence-electron chi connectivity index (χ4n) is 4.17. The minimum Gasteiger partial charge on any atom is -0.381 e. The summed E-state index contributed by atoms with van der Waals surface area (Å²) in [6, 6.07) is 0. The molecule has 0 aromatic heterocycles. The Balaban J connectivity index is 2.16. The molecule has 0 aromatic carbocycles. The number of hydrogen-bond donors (Lipinski definition) is 0. The van der Waals surface area contributed by atoms with Crippen LogP contribution in [-0.2, 0) is 14.3 Å². The largest absolute Gasteiger partial charge is 0.381 e. The van der Waals surface area contributed by atoms with Crippen molar-refractivity contribution in [1.29, 1.82) is 0 Å². The van der Waals surface area contributed by atoms with Gasteiger partial charge in [-0.05, 0) is 62.5 Å². The molecule has 0 aromatic rings. The second-order valence-electron chi connectivity index (χ2n) is 7.58. The Morgan fingerprint density at radius 2 is 1.92 bits per heavy atom. The molecule has 0 aliphatic heterocycles. The van der Waals surface area contributed by atoms with Crippen LogP contribution in [0.2, 0.25) is 0 Å². The van der Waals surface area contributed by atoms with Crippen LogP contribution in [0.15, 0.2) is 23.3 Å². The normalized spacial score (nSPS) is 29.2. The van der Waals surface area contributed by atoms with Crippen LogP contribution in [0.4, 0.5) is 0 Å². The first-order valence-electron chi connectivity index (χ1n) is 9.51. The van der Waals surface area contributed by atoms with Gasteiger partial charge in [-0.1, -0.05) is 33.1 Å². The van der Waals surface area contributed by atoms with E-state index in [4.69, 9.17) is 4.74 Å². The smallest absolute Gasteiger partial charge is 0.182 e. The molecule has 3 nitrogen and oxygen atoms in total. The molecule has 1 saturated carbocycles. The van der Waals surface area contributed by atoms with Crippen molar-refractivity contribution in [1.82, 2.24) is 0 Å². The number of carbonyl (C=O) groups excluding carboxylic acids is 2. The molecule has 1 fully saturated rings. The van der Waals surface area contributed by atoms with E-state index >= 15 is 0 Å². The second kappa shape index (κ2) is 8.75. The first-order valence-corrected chi connectivity index (χ1v) is 9.51. The van der Waals surface area contributed by atoms with Gasteiger partial charge in [-0.15, -0.1) is 0 Å². The van der Waals surface area contributed by atoms with Crippen LogP contribution in [0.25, 0.3) is 0 Å². The van der Waals surface area contributed by atoms with Gasteiger partial charge in [0.25, 0.3) is 0 Å². The number of rotatable bonds is 7. The van der Waals surface area contributed by atoms with Crippen molar-refractivity contribution in [3.8, 4) is 0 Å². The molecule has 134 valence electrons. The van der Waals surface area contributed by atoms with Gasteiger partial charge < -0.3 is 4.74 Å². The van der Waals surface area contributed by atoms with Crippen LogP contribution >= 0.6 is 0 Å². The predicted octanol–water partition coefficient (Wildman–Crippen LogP) is 4.66. The van der Waals surface area contributed by atoms with E-state index in [-0.39, 0.29) is 23.6 Å². The van der Waals surface area contributed by atoms with Gasteiger partial charge in [0, 0.05) is 18.3 Å². The van der Waals surface area contributed by atoms with E-state index in [1.165, 1.54) is 6.42 Å². The van der Waals surface area contributed by atoms with Crippen molar-refractivity contribution in [3.05, 3.63) is 23.3 Å². The van der Waals surface area contributed by atoms with Crippen molar-refractivity contribution in [3.63, 3.8) is 0 Å². The van der Waals surface area contributed by atoms with Gasteiger partial charge in [0.05, 0.1) is 6.10 Å². The van der Waals surface area contributed by atoms with Crippen LogP contribution in [-0.4, -0.2) is 24.8 Å². The minimum absolute atomic E-state index is 0.0442. The van der Waals surface area contributed by atoms with E-state index in [0.717, 1.165) is 44.1 Å². The Labute approximate surface area is 146 Å². The van der Waals surface area contributed by atoms with E-state index in [0.29, 0.717) is 17.4 Å². The monoisotopic (exact) mass is 332 g/mol. The van der Waals surface area contributed by atoms with Crippen molar-refractivity contribution in [2.45, 2.75) is 71.8 Å². The number of unbranched alkanes of at least 4 members (excludes halogenated alkanes) is 2. The SMILES string of the molecule is CCCCCC1=CC(=O)C([C@@H]2CC(C)CC[C@H]2C(C)OC)=CC1=O. The van der Waals surface area contributed by atoms with Crippen LogP contribution in [0.3, 0.4) is 0 Å². The molecule has 0 bridgehead atoms. The van der Waals surface area contributed by atoms with E-state index < -0.39 is 0 Å². The molecule has 0 saturated heterocycles. The molecule has 0 radical (unpaired) electrons. The van der Waals surface area contributed by atoms with Gasteiger partial charge in [0.2, 0.25) is 0 Å². The first-order chi connectivity index (χ1) is 11.5. The lowest BCUT2D eigenvalue weighted by atomic mass is 9.67. The number of ketones is 2. The number of allylic oxidation sites excluding steroid dienone is 4. The van der Waals surface area contributed by atoms with Gasteiger partial charge in [0.1, 0.15) is 0 Å². The molecule has 0 amide bonds. The van der Waals surface area contributed by atoms with Crippen molar-refractivity contribution >= 4 is 11.6 Å². The third kappa shape index (κ3) is 4.44. The fourth-order valence-corrected chi connectivity index (χ4v) is 4.17. The molecule has 0 spiro atoms. The third-order valence-electron chi connectivity index (χ3n) is 5.78. The van der Waals surface area contributed by atoms with Crippen LogP contribution in [0, 0.1) is 17.8 Å². The Kier molecular flexibility index (Phi) is 6.97. The molecular weight excluding hydrogens is 300 g/mol. The van der Waals surface area contributed by atoms with Crippen molar-refractivity contribution in [2.24, 2.45) is 17.8 Å². The summed E-state index contributed by atoms with van der Waals surface area (Å²) in [5, 5.41) is 0. The summed E-state index contributed by atoms with van der Waals surface area (Å²) < 4.78 is 5.56. The Morgan fingerprint density at radius 3 is 2.58 bits per heavy atom. The van der Waals surface area contributed by atoms with E-state index in [2.05, 4.69) is 20.8 Å².